The zero-order valence-electron chi connectivity index (χ0n) is 14.8. The molecule has 1 aromatic rings. The maximum absolute atomic E-state index is 9.92. The van der Waals surface area contributed by atoms with Crippen molar-refractivity contribution in [2.75, 3.05) is 19.0 Å². The Morgan fingerprint density at radius 1 is 1.30 bits per heavy atom. The highest BCUT2D eigenvalue weighted by Gasteiger charge is 2.23. The molecule has 1 aliphatic rings. The van der Waals surface area contributed by atoms with E-state index in [1.54, 1.807) is 6.92 Å². The summed E-state index contributed by atoms with van der Waals surface area (Å²) in [5, 5.41) is 9.92. The molecule has 1 aliphatic carbocycles. The second kappa shape index (κ2) is 8.38. The number of terminal acetylenes is 1. The third-order valence-electron chi connectivity index (χ3n) is 3.89. The van der Waals surface area contributed by atoms with Gasteiger partial charge in [0.15, 0.2) is 5.82 Å². The molecule has 1 heterocycles. The van der Waals surface area contributed by atoms with E-state index in [2.05, 4.69) is 19.8 Å². The summed E-state index contributed by atoms with van der Waals surface area (Å²) in [5.41, 5.74) is 3.09. The highest BCUT2D eigenvalue weighted by molar-refractivity contribution is 5.72. The van der Waals surface area contributed by atoms with Crippen molar-refractivity contribution in [3.63, 3.8) is 0 Å². The Labute approximate surface area is 140 Å². The predicted molar refractivity (Wildman–Crippen MR) is 97.5 cm³/mol. The van der Waals surface area contributed by atoms with E-state index >= 15 is 0 Å². The second-order valence-corrected chi connectivity index (χ2v) is 6.04. The van der Waals surface area contributed by atoms with E-state index in [-0.39, 0.29) is 5.76 Å². The lowest BCUT2D eigenvalue weighted by Gasteiger charge is -2.26. The molecule has 0 saturated carbocycles. The molecule has 2 rings (SSSR count). The maximum Gasteiger partial charge on any atom is 0.165 e. The monoisotopic (exact) mass is 313 g/mol. The van der Waals surface area contributed by atoms with E-state index in [0.29, 0.717) is 17.3 Å². The molecule has 0 aliphatic heterocycles. The van der Waals surface area contributed by atoms with Crippen LogP contribution in [0.5, 0.6) is 0 Å². The molecule has 0 bridgehead atoms. The van der Waals surface area contributed by atoms with Crippen LogP contribution in [0.4, 0.5) is 5.82 Å². The van der Waals surface area contributed by atoms with Crippen molar-refractivity contribution in [3.05, 3.63) is 35.0 Å². The minimum Gasteiger partial charge on any atom is -0.512 e. The lowest BCUT2D eigenvalue weighted by atomic mass is 9.88. The van der Waals surface area contributed by atoms with Crippen molar-refractivity contribution < 1.29 is 5.11 Å². The number of aliphatic hydroxyl groups excluding tert-OH is 1. The molecular formula is C19H27N3O. The van der Waals surface area contributed by atoms with Crippen LogP contribution in [-0.4, -0.2) is 29.2 Å². The van der Waals surface area contributed by atoms with Crippen LogP contribution >= 0.6 is 0 Å². The Balaban J connectivity index is 0.00000127. The zero-order chi connectivity index (χ0) is 17.6. The Bertz CT molecular complexity index is 623. The van der Waals surface area contributed by atoms with Gasteiger partial charge in [0.1, 0.15) is 11.6 Å². The Hall–Kier alpha value is -2.28. The minimum absolute atomic E-state index is 0.251. The molecule has 0 saturated heterocycles. The van der Waals surface area contributed by atoms with Crippen LogP contribution < -0.4 is 4.90 Å². The van der Waals surface area contributed by atoms with E-state index in [0.717, 1.165) is 24.4 Å². The van der Waals surface area contributed by atoms with E-state index in [1.807, 2.05) is 38.1 Å². The first kappa shape index (κ1) is 18.8. The van der Waals surface area contributed by atoms with Crippen LogP contribution in [0.2, 0.25) is 0 Å². The number of aliphatic hydroxyl groups is 1. The standard InChI is InChI=1S/C17H25N3O.C2H2/c1-6-7-13(12(3)21)16-18-15-10-11(2)8-9-14(15)17(19-16)20(4)5;1-2/h6-7,11,21H,8-10H2,1-5H3;1-2H/b7-6-,13-12-;. The molecule has 4 nitrogen and oxygen atoms in total. The summed E-state index contributed by atoms with van der Waals surface area (Å²) >= 11 is 0. The van der Waals surface area contributed by atoms with Crippen LogP contribution in [-0.2, 0) is 12.8 Å². The fourth-order valence-electron chi connectivity index (χ4n) is 2.78. The summed E-state index contributed by atoms with van der Waals surface area (Å²) in [4.78, 5) is 11.5. The smallest absolute Gasteiger partial charge is 0.165 e. The topological polar surface area (TPSA) is 49.3 Å². The molecule has 1 unspecified atom stereocenters. The van der Waals surface area contributed by atoms with Gasteiger partial charge in [-0.15, -0.1) is 12.8 Å². The lowest BCUT2D eigenvalue weighted by Crippen LogP contribution is -2.22. The summed E-state index contributed by atoms with van der Waals surface area (Å²) in [7, 11) is 4.02. The molecule has 0 aromatic carbocycles. The van der Waals surface area contributed by atoms with Crippen molar-refractivity contribution in [1.29, 1.82) is 0 Å². The molecule has 124 valence electrons. The third-order valence-corrected chi connectivity index (χ3v) is 3.89. The van der Waals surface area contributed by atoms with Gasteiger partial charge < -0.3 is 10.0 Å². The highest BCUT2D eigenvalue weighted by Crippen LogP contribution is 2.31. The van der Waals surface area contributed by atoms with Crippen LogP contribution in [0.1, 0.15) is 44.3 Å². The van der Waals surface area contributed by atoms with Crippen LogP contribution in [0.15, 0.2) is 17.9 Å². The SMILES string of the molecule is C#C.C/C=C\C(=C(/C)O)c1nc2c(c(N(C)C)n1)CCC(C)C2. The summed E-state index contributed by atoms with van der Waals surface area (Å²) < 4.78 is 0. The second-order valence-electron chi connectivity index (χ2n) is 6.04. The molecule has 1 N–H and O–H groups in total. The molecule has 4 heteroatoms. The van der Waals surface area contributed by atoms with Crippen molar-refractivity contribution in [3.8, 4) is 12.8 Å². The van der Waals surface area contributed by atoms with Crippen molar-refractivity contribution in [2.24, 2.45) is 5.92 Å². The van der Waals surface area contributed by atoms with Gasteiger partial charge in [0.05, 0.1) is 11.3 Å². The summed E-state index contributed by atoms with van der Waals surface area (Å²) in [5.74, 6) is 2.50. The lowest BCUT2D eigenvalue weighted by molar-refractivity contribution is 0.417. The van der Waals surface area contributed by atoms with Gasteiger partial charge >= 0.3 is 0 Å². The van der Waals surface area contributed by atoms with Crippen LogP contribution in [0, 0.1) is 18.8 Å². The van der Waals surface area contributed by atoms with Gasteiger partial charge in [0.2, 0.25) is 0 Å². The Morgan fingerprint density at radius 2 is 1.96 bits per heavy atom. The number of fused-ring (bicyclic) bond motifs is 1. The summed E-state index contributed by atoms with van der Waals surface area (Å²) in [6, 6.07) is 0. The molecular weight excluding hydrogens is 286 g/mol. The fraction of sp³-hybridized carbons (Fsp3) is 0.474. The van der Waals surface area contributed by atoms with Crippen molar-refractivity contribution >= 4 is 11.4 Å². The first-order chi connectivity index (χ1) is 10.9. The Morgan fingerprint density at radius 3 is 2.48 bits per heavy atom. The molecule has 1 atom stereocenters. The molecule has 0 fully saturated rings. The molecule has 23 heavy (non-hydrogen) atoms. The van der Waals surface area contributed by atoms with Crippen LogP contribution in [0.25, 0.3) is 5.57 Å². The van der Waals surface area contributed by atoms with Gasteiger partial charge in [-0.1, -0.05) is 19.1 Å². The third kappa shape index (κ3) is 4.35. The number of rotatable bonds is 3. The van der Waals surface area contributed by atoms with Gasteiger partial charge in [-0.3, -0.25) is 0 Å². The minimum atomic E-state index is 0.251. The average molecular weight is 313 g/mol. The normalized spacial score (nSPS) is 17.8. The van der Waals surface area contributed by atoms with E-state index in [1.165, 1.54) is 12.0 Å². The van der Waals surface area contributed by atoms with Gasteiger partial charge in [-0.05, 0) is 39.0 Å². The number of nitrogens with zero attached hydrogens (tertiary/aromatic N) is 3. The molecule has 0 spiro atoms. The maximum atomic E-state index is 9.92. The number of aromatic nitrogens is 2. The quantitative estimate of drug-likeness (QED) is 0.524. The fourth-order valence-corrected chi connectivity index (χ4v) is 2.78. The number of hydrogen-bond donors (Lipinski definition) is 1. The van der Waals surface area contributed by atoms with Crippen molar-refractivity contribution in [2.45, 2.75) is 40.0 Å². The highest BCUT2D eigenvalue weighted by atomic mass is 16.3. The largest absolute Gasteiger partial charge is 0.512 e. The molecule has 0 amide bonds. The van der Waals surface area contributed by atoms with Crippen LogP contribution in [0.3, 0.4) is 0 Å². The predicted octanol–water partition coefficient (Wildman–Crippen LogP) is 3.78. The molecule has 1 aromatic heterocycles. The summed E-state index contributed by atoms with van der Waals surface area (Å²) in [6.45, 7) is 5.87. The van der Waals surface area contributed by atoms with Crippen molar-refractivity contribution in [1.82, 2.24) is 9.97 Å². The first-order valence-corrected chi connectivity index (χ1v) is 7.87. The average Bonchev–Trinajstić information content (AvgIpc) is 2.52. The Kier molecular flexibility index (Phi) is 6.84. The van der Waals surface area contributed by atoms with Gasteiger partial charge in [-0.2, -0.15) is 0 Å². The summed E-state index contributed by atoms with van der Waals surface area (Å²) in [6.07, 6.45) is 15.0. The zero-order valence-corrected chi connectivity index (χ0v) is 14.8. The van der Waals surface area contributed by atoms with E-state index in [9.17, 15) is 5.11 Å². The van der Waals surface area contributed by atoms with E-state index < -0.39 is 0 Å². The van der Waals surface area contributed by atoms with Gasteiger partial charge in [0, 0.05) is 19.7 Å². The number of allylic oxidation sites excluding steroid dienone is 4. The van der Waals surface area contributed by atoms with Gasteiger partial charge in [-0.25, -0.2) is 9.97 Å². The number of anilines is 1. The van der Waals surface area contributed by atoms with E-state index in [4.69, 9.17) is 9.97 Å². The number of hydrogen-bond acceptors (Lipinski definition) is 4. The molecule has 0 radical (unpaired) electrons. The first-order valence-electron chi connectivity index (χ1n) is 7.87. The van der Waals surface area contributed by atoms with Gasteiger partial charge in [0.25, 0.3) is 0 Å².